The molecule has 0 amide bonds. The summed E-state index contributed by atoms with van der Waals surface area (Å²) in [6, 6.07) is 0. The largest absolute Gasteiger partial charge is 0.462 e. The van der Waals surface area contributed by atoms with Gasteiger partial charge in [0, 0.05) is 13.0 Å². The lowest BCUT2D eigenvalue weighted by molar-refractivity contribution is -0.870. The van der Waals surface area contributed by atoms with Crippen molar-refractivity contribution in [1.82, 2.24) is 0 Å². The van der Waals surface area contributed by atoms with Crippen LogP contribution in [0.3, 0.4) is 0 Å². The molecule has 34 heavy (non-hydrogen) atoms. The number of carbonyl (C=O) groups excluding carboxylic acids is 1. The van der Waals surface area contributed by atoms with Crippen molar-refractivity contribution in [2.24, 2.45) is 0 Å². The number of carbonyl (C=O) groups is 1. The first-order valence-corrected chi connectivity index (χ1v) is 14.9. The van der Waals surface area contributed by atoms with E-state index in [0.29, 0.717) is 0 Å². The van der Waals surface area contributed by atoms with E-state index < -0.39 is 26.0 Å². The average Bonchev–Trinajstić information content (AvgIpc) is 2.73. The highest BCUT2D eigenvalue weighted by Gasteiger charge is 2.30. The molecule has 0 radical (unpaired) electrons. The molecule has 1 atom stereocenters. The highest BCUT2D eigenvalue weighted by Crippen LogP contribution is 2.41. The maximum Gasteiger partial charge on any atom is 0.357 e. The molecular weight excluding hydrogens is 457 g/mol. The van der Waals surface area contributed by atoms with Crippen LogP contribution in [0.25, 0.3) is 0 Å². The third-order valence-electron chi connectivity index (χ3n) is 5.38. The molecule has 206 valence electrons. The Hall–Kier alpha value is -0.500. The van der Waals surface area contributed by atoms with Crippen molar-refractivity contribution >= 4 is 13.6 Å². The van der Waals surface area contributed by atoms with Crippen LogP contribution in [-0.2, 0) is 18.8 Å². The number of nitrogens with zero attached hydrogens (tertiary/aromatic N) is 1. The first-order chi connectivity index (χ1) is 16.0. The van der Waals surface area contributed by atoms with Gasteiger partial charge < -0.3 is 28.9 Å². The van der Waals surface area contributed by atoms with E-state index in [9.17, 15) is 9.36 Å². The molecule has 8 nitrogen and oxygen atoms in total. The SMILES string of the molecule is CCCCCCCCCCCCCCCC(=O)OCC(OCC)P(=O)(O)O.C[N+](C)(C)CCO. The lowest BCUT2D eigenvalue weighted by atomic mass is 10.0. The molecule has 0 aromatic carbocycles. The van der Waals surface area contributed by atoms with E-state index in [-0.39, 0.29) is 19.6 Å². The second-order valence-electron chi connectivity index (χ2n) is 9.91. The van der Waals surface area contributed by atoms with Gasteiger partial charge in [-0.1, -0.05) is 84.0 Å². The quantitative estimate of drug-likeness (QED) is 0.0834. The van der Waals surface area contributed by atoms with Crippen molar-refractivity contribution in [2.45, 2.75) is 110 Å². The molecule has 0 spiro atoms. The van der Waals surface area contributed by atoms with Crippen LogP contribution >= 0.6 is 7.60 Å². The maximum atomic E-state index is 11.6. The number of ether oxygens (including phenoxy) is 2. The Morgan fingerprint density at radius 3 is 1.59 bits per heavy atom. The summed E-state index contributed by atoms with van der Waals surface area (Å²) in [4.78, 5) is 29.9. The Morgan fingerprint density at radius 1 is 0.824 bits per heavy atom. The number of hydrogen-bond acceptors (Lipinski definition) is 5. The van der Waals surface area contributed by atoms with Crippen LogP contribution in [0.2, 0.25) is 0 Å². The number of unbranched alkanes of at least 4 members (excludes halogenated alkanes) is 12. The lowest BCUT2D eigenvalue weighted by Crippen LogP contribution is -2.36. The number of aliphatic hydroxyl groups excluding tert-OH is 1. The summed E-state index contributed by atoms with van der Waals surface area (Å²) in [5, 5.41) is 8.39. The van der Waals surface area contributed by atoms with Gasteiger partial charge in [0.2, 0.25) is 0 Å². The predicted octanol–water partition coefficient (Wildman–Crippen LogP) is 5.24. The summed E-state index contributed by atoms with van der Waals surface area (Å²) in [6.45, 7) is 4.76. The summed E-state index contributed by atoms with van der Waals surface area (Å²) in [6.07, 6.45) is 16.4. The molecule has 0 aliphatic rings. The zero-order valence-electron chi connectivity index (χ0n) is 22.7. The van der Waals surface area contributed by atoms with Gasteiger partial charge in [0.05, 0.1) is 27.7 Å². The minimum absolute atomic E-state index is 0.159. The summed E-state index contributed by atoms with van der Waals surface area (Å²) >= 11 is 0. The molecule has 0 heterocycles. The zero-order valence-corrected chi connectivity index (χ0v) is 23.6. The minimum Gasteiger partial charge on any atom is -0.462 e. The average molecular weight is 513 g/mol. The van der Waals surface area contributed by atoms with E-state index in [1.807, 2.05) is 0 Å². The molecule has 0 saturated heterocycles. The molecule has 0 saturated carbocycles. The standard InChI is InChI=1S/C20H41O6P.C5H14NO/c1-3-5-6-7-8-9-10-11-12-13-14-15-16-17-19(21)26-18-20(25-4-2)27(22,23)24;1-6(2,3)4-5-7/h20H,3-18H2,1-2H3,(H2,22,23,24);7H,4-5H2,1-3H3/q;+1. The van der Waals surface area contributed by atoms with E-state index in [0.717, 1.165) is 30.3 Å². The number of likely N-dealkylation sites (N-methyl/N-ethyl adjacent to an activating group) is 1. The van der Waals surface area contributed by atoms with Crippen LogP contribution in [0, 0.1) is 0 Å². The number of hydrogen-bond donors (Lipinski definition) is 3. The van der Waals surface area contributed by atoms with Crippen molar-refractivity contribution in [3.63, 3.8) is 0 Å². The molecule has 0 aromatic heterocycles. The van der Waals surface area contributed by atoms with Crippen molar-refractivity contribution in [1.29, 1.82) is 0 Å². The second kappa shape index (κ2) is 22.9. The Morgan fingerprint density at radius 2 is 1.26 bits per heavy atom. The van der Waals surface area contributed by atoms with Gasteiger partial charge in [-0.05, 0) is 13.3 Å². The van der Waals surface area contributed by atoms with Crippen LogP contribution in [0.4, 0.5) is 0 Å². The van der Waals surface area contributed by atoms with Gasteiger partial charge in [0.25, 0.3) is 0 Å². The van der Waals surface area contributed by atoms with Gasteiger partial charge in [-0.25, -0.2) is 0 Å². The first-order valence-electron chi connectivity index (χ1n) is 13.2. The molecule has 1 unspecified atom stereocenters. The van der Waals surface area contributed by atoms with Crippen molar-refractivity contribution in [2.75, 3.05) is 47.5 Å². The molecule has 0 aliphatic heterocycles. The third-order valence-corrected chi connectivity index (χ3v) is 6.42. The molecular formula is C25H55NO7P+. The van der Waals surface area contributed by atoms with Crippen LogP contribution in [0.5, 0.6) is 0 Å². The fourth-order valence-corrected chi connectivity index (χ4v) is 3.87. The Balaban J connectivity index is 0. The minimum atomic E-state index is -4.41. The molecule has 0 rings (SSSR count). The number of quaternary nitrogens is 1. The Kier molecular flexibility index (Phi) is 24.1. The van der Waals surface area contributed by atoms with Crippen molar-refractivity contribution < 1.29 is 38.2 Å². The summed E-state index contributed by atoms with van der Waals surface area (Å²) in [5.74, 6) is -1.78. The summed E-state index contributed by atoms with van der Waals surface area (Å²) in [5.41, 5.74) is 0. The molecule has 0 aliphatic carbocycles. The topological polar surface area (TPSA) is 113 Å². The Bertz CT molecular complexity index is 506. The number of aliphatic hydroxyl groups is 1. The normalized spacial score (nSPS) is 12.7. The highest BCUT2D eigenvalue weighted by molar-refractivity contribution is 7.52. The Labute approximate surface area is 209 Å². The molecule has 0 aromatic rings. The van der Waals surface area contributed by atoms with E-state index in [1.54, 1.807) is 6.92 Å². The zero-order chi connectivity index (χ0) is 26.3. The fraction of sp³-hybridized carbons (Fsp3) is 0.960. The van der Waals surface area contributed by atoms with Crippen LogP contribution in [-0.4, -0.2) is 78.7 Å². The van der Waals surface area contributed by atoms with Gasteiger partial charge >= 0.3 is 13.6 Å². The van der Waals surface area contributed by atoms with Crippen LogP contribution < -0.4 is 0 Å². The van der Waals surface area contributed by atoms with Gasteiger partial charge in [-0.15, -0.1) is 0 Å². The summed E-state index contributed by atoms with van der Waals surface area (Å²) in [7, 11) is 1.75. The summed E-state index contributed by atoms with van der Waals surface area (Å²) < 4.78 is 21.9. The molecule has 0 bridgehead atoms. The molecule has 9 heteroatoms. The lowest BCUT2D eigenvalue weighted by Gasteiger charge is -2.21. The van der Waals surface area contributed by atoms with E-state index in [4.69, 9.17) is 24.4 Å². The smallest absolute Gasteiger partial charge is 0.357 e. The highest BCUT2D eigenvalue weighted by atomic mass is 31.2. The fourth-order valence-electron chi connectivity index (χ4n) is 3.26. The van der Waals surface area contributed by atoms with Crippen LogP contribution in [0.15, 0.2) is 0 Å². The van der Waals surface area contributed by atoms with Gasteiger partial charge in [-0.3, -0.25) is 9.36 Å². The predicted molar refractivity (Wildman–Crippen MR) is 139 cm³/mol. The third kappa shape index (κ3) is 27.7. The van der Waals surface area contributed by atoms with E-state index in [2.05, 4.69) is 28.1 Å². The van der Waals surface area contributed by atoms with Crippen LogP contribution in [0.1, 0.15) is 104 Å². The van der Waals surface area contributed by atoms with Gasteiger partial charge in [0.15, 0.2) is 5.85 Å². The van der Waals surface area contributed by atoms with Crippen molar-refractivity contribution in [3.8, 4) is 0 Å². The second-order valence-corrected chi connectivity index (χ2v) is 11.7. The molecule has 0 fully saturated rings. The van der Waals surface area contributed by atoms with Gasteiger partial charge in [-0.2, -0.15) is 0 Å². The first kappa shape index (κ1) is 35.7. The van der Waals surface area contributed by atoms with Gasteiger partial charge in [0.1, 0.15) is 13.2 Å². The number of esters is 1. The monoisotopic (exact) mass is 512 g/mol. The van der Waals surface area contributed by atoms with E-state index >= 15 is 0 Å². The molecule has 3 N–H and O–H groups in total. The van der Waals surface area contributed by atoms with Crippen molar-refractivity contribution in [3.05, 3.63) is 0 Å². The number of rotatable bonds is 21. The van der Waals surface area contributed by atoms with E-state index in [1.165, 1.54) is 64.2 Å². The maximum absolute atomic E-state index is 11.6.